The van der Waals surface area contributed by atoms with Crippen LogP contribution >= 0.6 is 0 Å². The molecule has 2 atom stereocenters. The Balaban J connectivity index is 1.33. The molecule has 4 fully saturated rings. The van der Waals surface area contributed by atoms with Crippen LogP contribution in [0.15, 0.2) is 29.4 Å². The van der Waals surface area contributed by atoms with E-state index >= 15 is 0 Å². The summed E-state index contributed by atoms with van der Waals surface area (Å²) < 4.78 is 5.75. The van der Waals surface area contributed by atoms with E-state index in [2.05, 4.69) is 31.3 Å². The summed E-state index contributed by atoms with van der Waals surface area (Å²) in [5.41, 5.74) is 4.31. The van der Waals surface area contributed by atoms with Crippen molar-refractivity contribution in [3.63, 3.8) is 0 Å². The maximum absolute atomic E-state index is 13.2. The molecule has 1 N–H and O–H groups in total. The normalized spacial score (nSPS) is 35.2. The molecule has 1 aromatic rings. The predicted octanol–water partition coefficient (Wildman–Crippen LogP) is 5.70. The van der Waals surface area contributed by atoms with Crippen molar-refractivity contribution in [2.24, 2.45) is 27.3 Å². The van der Waals surface area contributed by atoms with Gasteiger partial charge in [0.05, 0.1) is 18.2 Å². The number of hydrogen-bond acceptors (Lipinski definition) is 3. The van der Waals surface area contributed by atoms with Gasteiger partial charge in [0.15, 0.2) is 0 Å². The Labute approximate surface area is 175 Å². The van der Waals surface area contributed by atoms with Gasteiger partial charge >= 0.3 is 0 Å². The molecule has 5 rings (SSSR count). The summed E-state index contributed by atoms with van der Waals surface area (Å²) in [6.07, 6.45) is 12.2. The Morgan fingerprint density at radius 3 is 2.41 bits per heavy atom. The van der Waals surface area contributed by atoms with Gasteiger partial charge in [-0.1, -0.05) is 33.6 Å². The lowest BCUT2D eigenvalue weighted by atomic mass is 9.40. The molecule has 4 heteroatoms. The molecule has 0 saturated heterocycles. The summed E-state index contributed by atoms with van der Waals surface area (Å²) in [7, 11) is 0. The van der Waals surface area contributed by atoms with Crippen LogP contribution in [0.5, 0.6) is 5.75 Å². The quantitative estimate of drug-likeness (QED) is 0.348. The smallest absolute Gasteiger partial charge is 0.246 e. The lowest BCUT2D eigenvalue weighted by Crippen LogP contribution is -2.59. The Kier molecular flexibility index (Phi) is 5.48. The second kappa shape index (κ2) is 7.77. The highest BCUT2D eigenvalue weighted by Crippen LogP contribution is 2.69. The number of nitrogens with zero attached hydrogens (tertiary/aromatic N) is 1. The lowest BCUT2D eigenvalue weighted by Gasteiger charge is -2.64. The zero-order valence-corrected chi connectivity index (χ0v) is 18.3. The van der Waals surface area contributed by atoms with Crippen LogP contribution in [0.4, 0.5) is 0 Å². The van der Waals surface area contributed by atoms with Crippen molar-refractivity contribution < 1.29 is 9.53 Å². The van der Waals surface area contributed by atoms with E-state index in [0.717, 1.165) is 43.6 Å². The van der Waals surface area contributed by atoms with Crippen molar-refractivity contribution in [2.45, 2.75) is 78.6 Å². The van der Waals surface area contributed by atoms with E-state index in [9.17, 15) is 4.79 Å². The number of carbonyl (C=O) groups excluding carboxylic acids is 1. The number of nitrogens with one attached hydrogen (secondary N) is 1. The van der Waals surface area contributed by atoms with Crippen LogP contribution in [0.2, 0.25) is 0 Å². The molecule has 4 nitrogen and oxygen atoms in total. The molecule has 29 heavy (non-hydrogen) atoms. The average molecular weight is 397 g/mol. The number of hydrogen-bond donors (Lipinski definition) is 1. The summed E-state index contributed by atoms with van der Waals surface area (Å²) in [5, 5.41) is 4.29. The van der Waals surface area contributed by atoms with E-state index in [1.807, 2.05) is 24.3 Å². The van der Waals surface area contributed by atoms with Gasteiger partial charge in [0.2, 0.25) is 5.91 Å². The first-order valence-electron chi connectivity index (χ1n) is 11.4. The van der Waals surface area contributed by atoms with Gasteiger partial charge in [-0.25, -0.2) is 5.43 Å². The Hall–Kier alpha value is -1.84. The Morgan fingerprint density at radius 2 is 1.79 bits per heavy atom. The standard InChI is InChI=1S/C25H36N2O2/c1-4-5-6-11-29-21-9-7-19(8-10-21)15-26-27-22(28)25-14-20-12-23(2,17-25)16-24(3,13-20)18-25/h7-10,15,20H,4-6,11-14,16-18H2,1-3H3,(H,27,28)/b26-15+. The third kappa shape index (κ3) is 4.36. The minimum Gasteiger partial charge on any atom is -0.494 e. The van der Waals surface area contributed by atoms with Crippen LogP contribution < -0.4 is 10.2 Å². The van der Waals surface area contributed by atoms with Gasteiger partial charge in [-0.2, -0.15) is 5.10 Å². The van der Waals surface area contributed by atoms with Gasteiger partial charge in [0, 0.05) is 0 Å². The van der Waals surface area contributed by atoms with Crippen molar-refractivity contribution in [3.05, 3.63) is 29.8 Å². The number of ether oxygens (including phenoxy) is 1. The average Bonchev–Trinajstić information content (AvgIpc) is 2.63. The van der Waals surface area contributed by atoms with Crippen LogP contribution in [-0.4, -0.2) is 18.7 Å². The van der Waals surface area contributed by atoms with E-state index < -0.39 is 0 Å². The topological polar surface area (TPSA) is 50.7 Å². The molecule has 0 heterocycles. The first-order valence-corrected chi connectivity index (χ1v) is 11.4. The first kappa shape index (κ1) is 20.4. The molecule has 0 aromatic heterocycles. The molecule has 1 amide bonds. The van der Waals surface area contributed by atoms with Gasteiger partial charge in [0.25, 0.3) is 0 Å². The third-order valence-electron chi connectivity index (χ3n) is 7.38. The fraction of sp³-hybridized carbons (Fsp3) is 0.680. The maximum Gasteiger partial charge on any atom is 0.246 e. The van der Waals surface area contributed by atoms with E-state index in [4.69, 9.17) is 4.74 Å². The van der Waals surface area contributed by atoms with Crippen LogP contribution in [0.1, 0.15) is 84.1 Å². The first-order chi connectivity index (χ1) is 13.8. The highest BCUT2D eigenvalue weighted by Gasteiger charge is 2.62. The molecule has 0 radical (unpaired) electrons. The van der Waals surface area contributed by atoms with Crippen LogP contribution in [-0.2, 0) is 4.79 Å². The number of amides is 1. The Morgan fingerprint density at radius 1 is 1.10 bits per heavy atom. The Bertz CT molecular complexity index is 752. The van der Waals surface area contributed by atoms with Gasteiger partial charge in [-0.15, -0.1) is 0 Å². The second-order valence-electron chi connectivity index (χ2n) is 10.7. The summed E-state index contributed by atoms with van der Waals surface area (Å²) in [4.78, 5) is 13.2. The zero-order valence-electron chi connectivity index (χ0n) is 18.3. The van der Waals surface area contributed by atoms with Gasteiger partial charge in [-0.3, -0.25) is 4.79 Å². The van der Waals surface area contributed by atoms with Gasteiger partial charge in [0.1, 0.15) is 5.75 Å². The minimum absolute atomic E-state index is 0.131. The second-order valence-corrected chi connectivity index (χ2v) is 10.7. The lowest BCUT2D eigenvalue weighted by molar-refractivity contribution is -0.170. The zero-order chi connectivity index (χ0) is 20.5. The molecular formula is C25H36N2O2. The molecule has 4 bridgehead atoms. The molecule has 0 aliphatic heterocycles. The highest BCUT2D eigenvalue weighted by molar-refractivity contribution is 5.86. The summed E-state index contributed by atoms with van der Waals surface area (Å²) in [6.45, 7) is 7.74. The number of hydrazone groups is 1. The molecule has 1 aromatic carbocycles. The molecule has 158 valence electrons. The van der Waals surface area contributed by atoms with E-state index in [1.54, 1.807) is 6.21 Å². The fourth-order valence-electron chi connectivity index (χ4n) is 7.18. The third-order valence-corrected chi connectivity index (χ3v) is 7.38. The molecule has 0 spiro atoms. The summed E-state index contributed by atoms with van der Waals surface area (Å²) in [5.74, 6) is 1.73. The molecule has 4 aliphatic carbocycles. The van der Waals surface area contributed by atoms with Crippen molar-refractivity contribution in [1.29, 1.82) is 0 Å². The SMILES string of the molecule is CCCCCOc1ccc(/C=N/NC(=O)C23CC4CC(C)(CC(C)(C4)C2)C3)cc1. The number of benzene rings is 1. The highest BCUT2D eigenvalue weighted by atomic mass is 16.5. The van der Waals surface area contributed by atoms with Gasteiger partial charge in [-0.05, 0) is 91.5 Å². The van der Waals surface area contributed by atoms with Crippen molar-refractivity contribution >= 4 is 12.1 Å². The summed E-state index contributed by atoms with van der Waals surface area (Å²) in [6, 6.07) is 7.90. The fourth-order valence-corrected chi connectivity index (χ4v) is 7.18. The molecule has 2 unspecified atom stereocenters. The van der Waals surface area contributed by atoms with Crippen molar-refractivity contribution in [1.82, 2.24) is 5.43 Å². The predicted molar refractivity (Wildman–Crippen MR) is 117 cm³/mol. The molecule has 4 aliphatic rings. The summed E-state index contributed by atoms with van der Waals surface area (Å²) >= 11 is 0. The van der Waals surface area contributed by atoms with Gasteiger partial charge < -0.3 is 4.74 Å². The van der Waals surface area contributed by atoms with E-state index in [0.29, 0.717) is 16.7 Å². The minimum atomic E-state index is -0.212. The number of rotatable bonds is 8. The van der Waals surface area contributed by atoms with E-state index in [1.165, 1.54) is 32.1 Å². The largest absolute Gasteiger partial charge is 0.494 e. The van der Waals surface area contributed by atoms with Crippen LogP contribution in [0.25, 0.3) is 0 Å². The van der Waals surface area contributed by atoms with E-state index in [-0.39, 0.29) is 11.3 Å². The van der Waals surface area contributed by atoms with Crippen LogP contribution in [0.3, 0.4) is 0 Å². The molecule has 4 saturated carbocycles. The number of unbranched alkanes of at least 4 members (excludes halogenated alkanes) is 2. The van der Waals surface area contributed by atoms with Crippen molar-refractivity contribution in [3.8, 4) is 5.75 Å². The maximum atomic E-state index is 13.2. The van der Waals surface area contributed by atoms with Crippen molar-refractivity contribution in [2.75, 3.05) is 6.61 Å². The monoisotopic (exact) mass is 396 g/mol. The van der Waals surface area contributed by atoms with Crippen LogP contribution in [0, 0.1) is 22.2 Å². The number of carbonyl (C=O) groups is 1. The molecular weight excluding hydrogens is 360 g/mol.